The van der Waals surface area contributed by atoms with E-state index in [0.29, 0.717) is 0 Å². The minimum Gasteiger partial charge on any atom is -0.0619 e. The van der Waals surface area contributed by atoms with Crippen LogP contribution in [-0.4, -0.2) is 0 Å². The fourth-order valence-corrected chi connectivity index (χ4v) is 11.6. The van der Waals surface area contributed by atoms with Crippen molar-refractivity contribution in [2.24, 2.45) is 0 Å². The van der Waals surface area contributed by atoms with Gasteiger partial charge in [0.25, 0.3) is 0 Å². The number of hydrogen-bond acceptors (Lipinski definition) is 0. The van der Waals surface area contributed by atoms with Crippen molar-refractivity contribution in [2.45, 2.75) is 5.41 Å². The highest BCUT2D eigenvalue weighted by atomic mass is 14.5. The van der Waals surface area contributed by atoms with Gasteiger partial charge < -0.3 is 0 Å². The molecule has 0 heteroatoms. The summed E-state index contributed by atoms with van der Waals surface area (Å²) in [6.45, 7) is 0. The first-order valence-electron chi connectivity index (χ1n) is 20.8. The van der Waals surface area contributed by atoms with Crippen molar-refractivity contribution < 1.29 is 0 Å². The third-order valence-electron chi connectivity index (χ3n) is 14.0. The Bertz CT molecular complexity index is 3710. The topological polar surface area (TPSA) is 0 Å². The molecule has 0 radical (unpaired) electrons. The number of fused-ring (bicyclic) bond motifs is 17. The fourth-order valence-electron chi connectivity index (χ4n) is 11.6. The minimum atomic E-state index is -0.450. The Morgan fingerprint density at radius 1 is 0.254 bits per heavy atom. The molecule has 0 aromatic heterocycles. The van der Waals surface area contributed by atoms with Gasteiger partial charge in [-0.1, -0.05) is 200 Å². The van der Waals surface area contributed by atoms with Gasteiger partial charge in [-0.15, -0.1) is 0 Å². The molecule has 0 atom stereocenters. The predicted molar refractivity (Wildman–Crippen MR) is 250 cm³/mol. The molecule has 0 N–H and O–H groups in total. The van der Waals surface area contributed by atoms with Gasteiger partial charge >= 0.3 is 0 Å². The lowest BCUT2D eigenvalue weighted by Gasteiger charge is -2.32. The normalized spacial score (nSPS) is 13.6. The van der Waals surface area contributed by atoms with E-state index in [1.165, 1.54) is 131 Å². The monoisotopic (exact) mass is 742 g/mol. The fraction of sp³-hybridized carbons (Fsp3) is 0.0169. The van der Waals surface area contributed by atoms with Crippen molar-refractivity contribution in [3.05, 3.63) is 229 Å². The van der Waals surface area contributed by atoms with E-state index >= 15 is 0 Å². The molecular weight excluding hydrogens is 709 g/mol. The second-order valence-electron chi connectivity index (χ2n) is 16.7. The molecule has 1 spiro atoms. The molecule has 0 saturated carbocycles. The average molecular weight is 743 g/mol. The molecule has 12 aromatic carbocycles. The first-order valence-corrected chi connectivity index (χ1v) is 20.8. The van der Waals surface area contributed by atoms with Gasteiger partial charge in [0.1, 0.15) is 0 Å². The van der Waals surface area contributed by atoms with Crippen molar-refractivity contribution in [1.82, 2.24) is 0 Å². The third kappa shape index (κ3) is 3.94. The van der Waals surface area contributed by atoms with Crippen LogP contribution in [-0.2, 0) is 5.41 Å². The first-order chi connectivity index (χ1) is 29.3. The van der Waals surface area contributed by atoms with Crippen LogP contribution in [0, 0.1) is 0 Å². The first kappa shape index (κ1) is 31.5. The zero-order valence-corrected chi connectivity index (χ0v) is 32.1. The summed E-state index contributed by atoms with van der Waals surface area (Å²) in [5.41, 5.74) is 15.5. The van der Waals surface area contributed by atoms with Crippen LogP contribution in [0.3, 0.4) is 0 Å². The van der Waals surface area contributed by atoms with Crippen LogP contribution < -0.4 is 0 Å². The Labute approximate surface area is 341 Å². The van der Waals surface area contributed by atoms with Crippen LogP contribution in [0.5, 0.6) is 0 Å². The van der Waals surface area contributed by atoms with E-state index in [4.69, 9.17) is 0 Å². The van der Waals surface area contributed by atoms with E-state index in [0.717, 1.165) is 0 Å². The Balaban J connectivity index is 1.01. The van der Waals surface area contributed by atoms with Crippen molar-refractivity contribution in [3.8, 4) is 44.5 Å². The number of hydrogen-bond donors (Lipinski definition) is 0. The molecule has 0 unspecified atom stereocenters. The standard InChI is InChI=1S/C59H34/c1-2-13-43-36(10-1)29-33-53-56(43)57-47-17-4-3-14-44(47)50-34-41(28-32-49(50)58(57)59(53)51-18-7-5-15-45(51)46-16-6-8-19-52(46)59)35-20-22-37(23-21-35)42-30-26-40-25-24-38-11-9-12-39-27-31-48(42)55(40)54(38)39/h1-34H. The largest absolute Gasteiger partial charge is 0.0732 e. The van der Waals surface area contributed by atoms with E-state index in [2.05, 4.69) is 206 Å². The summed E-state index contributed by atoms with van der Waals surface area (Å²) in [5, 5.41) is 15.7. The van der Waals surface area contributed by atoms with Gasteiger partial charge in [-0.2, -0.15) is 0 Å². The van der Waals surface area contributed by atoms with Crippen LogP contribution in [0.2, 0.25) is 0 Å². The molecule has 14 rings (SSSR count). The lowest BCUT2D eigenvalue weighted by atomic mass is 9.69. The van der Waals surface area contributed by atoms with Crippen molar-refractivity contribution in [1.29, 1.82) is 0 Å². The van der Waals surface area contributed by atoms with Gasteiger partial charge in [0.2, 0.25) is 0 Å². The molecule has 0 amide bonds. The van der Waals surface area contributed by atoms with Crippen molar-refractivity contribution in [2.75, 3.05) is 0 Å². The highest BCUT2D eigenvalue weighted by Crippen LogP contribution is 2.66. The van der Waals surface area contributed by atoms with Crippen LogP contribution in [0.1, 0.15) is 22.3 Å². The second-order valence-corrected chi connectivity index (χ2v) is 16.7. The maximum atomic E-state index is 2.46. The molecule has 0 nitrogen and oxygen atoms in total. The van der Waals surface area contributed by atoms with E-state index in [1.807, 2.05) is 0 Å². The molecule has 59 heavy (non-hydrogen) atoms. The quantitative estimate of drug-likeness (QED) is 0.155. The van der Waals surface area contributed by atoms with Crippen LogP contribution in [0.15, 0.2) is 206 Å². The van der Waals surface area contributed by atoms with E-state index in [-0.39, 0.29) is 0 Å². The summed E-state index contributed by atoms with van der Waals surface area (Å²) in [5.74, 6) is 0. The van der Waals surface area contributed by atoms with Crippen LogP contribution in [0.25, 0.3) is 109 Å². The van der Waals surface area contributed by atoms with Gasteiger partial charge in [0.05, 0.1) is 5.41 Å². The Kier molecular flexibility index (Phi) is 6.05. The average Bonchev–Trinajstić information content (AvgIpc) is 3.79. The molecule has 0 aliphatic heterocycles. The smallest absolute Gasteiger partial charge is 0.0619 e. The summed E-state index contributed by atoms with van der Waals surface area (Å²) in [6.07, 6.45) is 0. The molecule has 270 valence electrons. The Morgan fingerprint density at radius 2 is 0.814 bits per heavy atom. The molecule has 2 aliphatic carbocycles. The molecule has 12 aromatic rings. The van der Waals surface area contributed by atoms with Crippen molar-refractivity contribution in [3.63, 3.8) is 0 Å². The lowest BCUT2D eigenvalue weighted by molar-refractivity contribution is 0.802. The summed E-state index contributed by atoms with van der Waals surface area (Å²) in [6, 6.07) is 78.1. The molecule has 0 bridgehead atoms. The summed E-state index contributed by atoms with van der Waals surface area (Å²) < 4.78 is 0. The van der Waals surface area contributed by atoms with Crippen LogP contribution in [0.4, 0.5) is 0 Å². The lowest BCUT2D eigenvalue weighted by Crippen LogP contribution is -2.26. The van der Waals surface area contributed by atoms with E-state index in [9.17, 15) is 0 Å². The van der Waals surface area contributed by atoms with Gasteiger partial charge in [-0.3, -0.25) is 0 Å². The number of benzene rings is 12. The Morgan fingerprint density at radius 3 is 1.59 bits per heavy atom. The predicted octanol–water partition coefficient (Wildman–Crippen LogP) is 15.7. The molecule has 0 fully saturated rings. The zero-order valence-electron chi connectivity index (χ0n) is 32.1. The SMILES string of the molecule is c1ccc2c(c1)-c1ccccc1C21c2ccc3ccccc3c2-c2c1c1ccc(-c3ccc(-c4ccc5ccc6cccc7ccc4c5c67)cc3)cc1c1ccccc21. The summed E-state index contributed by atoms with van der Waals surface area (Å²) >= 11 is 0. The van der Waals surface area contributed by atoms with Crippen LogP contribution >= 0.6 is 0 Å². The van der Waals surface area contributed by atoms with Gasteiger partial charge in [-0.05, 0) is 137 Å². The molecule has 0 saturated heterocycles. The second kappa shape index (κ2) is 11.3. The molecule has 2 aliphatic rings. The van der Waals surface area contributed by atoms with E-state index in [1.54, 1.807) is 0 Å². The number of rotatable bonds is 2. The molecular formula is C59H34. The highest BCUT2D eigenvalue weighted by Gasteiger charge is 2.53. The summed E-state index contributed by atoms with van der Waals surface area (Å²) in [7, 11) is 0. The highest BCUT2D eigenvalue weighted by molar-refractivity contribution is 6.26. The zero-order chi connectivity index (χ0) is 38.4. The third-order valence-corrected chi connectivity index (χ3v) is 14.0. The maximum absolute atomic E-state index is 2.46. The van der Waals surface area contributed by atoms with Gasteiger partial charge in [-0.25, -0.2) is 0 Å². The Hall–Kier alpha value is -7.54. The molecule has 0 heterocycles. The van der Waals surface area contributed by atoms with Gasteiger partial charge in [0.15, 0.2) is 0 Å². The van der Waals surface area contributed by atoms with Crippen molar-refractivity contribution >= 4 is 64.6 Å². The minimum absolute atomic E-state index is 0.450. The van der Waals surface area contributed by atoms with Gasteiger partial charge in [0, 0.05) is 0 Å². The van der Waals surface area contributed by atoms with E-state index < -0.39 is 5.41 Å². The maximum Gasteiger partial charge on any atom is 0.0732 e. The summed E-state index contributed by atoms with van der Waals surface area (Å²) in [4.78, 5) is 0.